The van der Waals surface area contributed by atoms with E-state index in [4.69, 9.17) is 9.47 Å². The molecule has 3 heterocycles. The van der Waals surface area contributed by atoms with Gasteiger partial charge >= 0.3 is 6.09 Å². The Labute approximate surface area is 235 Å². The number of nitrogens with zero attached hydrogens (tertiary/aromatic N) is 2. The Kier molecular flexibility index (Phi) is 6.55. The molecule has 5 atom stereocenters. The Hall–Kier alpha value is -3.36. The molecule has 2 saturated heterocycles. The van der Waals surface area contributed by atoms with Gasteiger partial charge in [0.2, 0.25) is 0 Å². The van der Waals surface area contributed by atoms with Crippen molar-refractivity contribution in [1.29, 1.82) is 0 Å². The molecule has 2 aromatic carbocycles. The van der Waals surface area contributed by atoms with E-state index in [1.54, 1.807) is 0 Å². The van der Waals surface area contributed by atoms with Crippen molar-refractivity contribution in [2.24, 2.45) is 5.92 Å². The summed E-state index contributed by atoms with van der Waals surface area (Å²) in [4.78, 5) is 29.2. The van der Waals surface area contributed by atoms with Crippen molar-refractivity contribution in [3.63, 3.8) is 0 Å². The number of hydrazine groups is 1. The van der Waals surface area contributed by atoms with Crippen molar-refractivity contribution >= 4 is 12.0 Å². The monoisotopic (exact) mass is 542 g/mol. The van der Waals surface area contributed by atoms with Gasteiger partial charge in [0.05, 0.1) is 0 Å². The van der Waals surface area contributed by atoms with E-state index >= 15 is 0 Å². The third-order valence-corrected chi connectivity index (χ3v) is 9.80. The average molecular weight is 543 g/mol. The van der Waals surface area contributed by atoms with E-state index in [9.17, 15) is 9.59 Å². The van der Waals surface area contributed by atoms with Crippen LogP contribution in [0.15, 0.2) is 54.6 Å². The van der Waals surface area contributed by atoms with Gasteiger partial charge < -0.3 is 19.7 Å². The minimum atomic E-state index is -0.770. The largest absolute Gasteiger partial charge is 0.485 e. The van der Waals surface area contributed by atoms with Gasteiger partial charge in [0.25, 0.3) is 5.91 Å². The molecule has 8 heteroatoms. The Morgan fingerprint density at radius 3 is 2.75 bits per heavy atom. The van der Waals surface area contributed by atoms with E-state index < -0.39 is 12.1 Å². The quantitative estimate of drug-likeness (QED) is 0.542. The maximum absolute atomic E-state index is 13.3. The van der Waals surface area contributed by atoms with Gasteiger partial charge in [-0.15, -0.1) is 0 Å². The van der Waals surface area contributed by atoms with Crippen LogP contribution in [0, 0.1) is 5.92 Å². The predicted molar refractivity (Wildman–Crippen MR) is 151 cm³/mol. The fraction of sp³-hybridized carbons (Fsp3) is 0.500. The first kappa shape index (κ1) is 25.6. The summed E-state index contributed by atoms with van der Waals surface area (Å²) in [5.74, 6) is 1.32. The number of nitrogens with one attached hydrogen (secondary N) is 2. The molecule has 0 radical (unpaired) electrons. The number of likely N-dealkylation sites (N-methyl/N-ethyl adjacent to an activating group) is 1. The van der Waals surface area contributed by atoms with Crippen LogP contribution in [0.4, 0.5) is 4.79 Å². The minimum absolute atomic E-state index is 0.0571. The number of likely N-dealkylation sites (tertiary alicyclic amines) is 1. The molecule has 210 valence electrons. The molecule has 7 rings (SSSR count). The van der Waals surface area contributed by atoms with Crippen molar-refractivity contribution in [2.45, 2.75) is 68.5 Å². The maximum atomic E-state index is 13.3. The molecular formula is C32H38N4O4. The second-order valence-corrected chi connectivity index (χ2v) is 12.1. The zero-order chi connectivity index (χ0) is 27.3. The summed E-state index contributed by atoms with van der Waals surface area (Å²) in [6, 6.07) is 13.4. The van der Waals surface area contributed by atoms with E-state index in [1.807, 2.05) is 41.4 Å². The highest BCUT2D eigenvalue weighted by Crippen LogP contribution is 2.62. The van der Waals surface area contributed by atoms with Crippen LogP contribution in [0.5, 0.6) is 11.5 Å². The van der Waals surface area contributed by atoms with E-state index in [2.05, 4.69) is 40.9 Å². The summed E-state index contributed by atoms with van der Waals surface area (Å²) < 4.78 is 12.6. The summed E-state index contributed by atoms with van der Waals surface area (Å²) >= 11 is 0. The Bertz CT molecular complexity index is 1320. The van der Waals surface area contributed by atoms with Gasteiger partial charge in [0.1, 0.15) is 12.1 Å². The highest BCUT2D eigenvalue weighted by Gasteiger charge is 2.62. The van der Waals surface area contributed by atoms with Crippen molar-refractivity contribution in [2.75, 3.05) is 26.7 Å². The lowest BCUT2D eigenvalue weighted by atomic mass is 9.54. The average Bonchev–Trinajstić information content (AvgIpc) is 3.31. The normalized spacial score (nSPS) is 29.2. The van der Waals surface area contributed by atoms with Crippen LogP contribution in [-0.4, -0.2) is 66.8 Å². The lowest BCUT2D eigenvalue weighted by Crippen LogP contribution is -2.62. The van der Waals surface area contributed by atoms with Crippen LogP contribution >= 0.6 is 0 Å². The van der Waals surface area contributed by atoms with Crippen LogP contribution in [0.1, 0.15) is 48.8 Å². The highest BCUT2D eigenvalue weighted by molar-refractivity contribution is 5.86. The smallest absolute Gasteiger partial charge is 0.413 e. The number of carbonyl (C=O) groups excluding carboxylic acids is 2. The molecular weight excluding hydrogens is 504 g/mol. The lowest BCUT2D eigenvalue weighted by molar-refractivity contribution is -0.128. The third kappa shape index (κ3) is 4.29. The fourth-order valence-electron chi connectivity index (χ4n) is 7.85. The third-order valence-electron chi connectivity index (χ3n) is 9.80. The fourth-order valence-corrected chi connectivity index (χ4v) is 7.85. The molecule has 5 aliphatic rings. The van der Waals surface area contributed by atoms with Crippen molar-refractivity contribution in [3.8, 4) is 11.5 Å². The number of hydrogen-bond donors (Lipinski definition) is 2. The van der Waals surface area contributed by atoms with Gasteiger partial charge in [0, 0.05) is 48.9 Å². The Morgan fingerprint density at radius 1 is 1.10 bits per heavy atom. The summed E-state index contributed by atoms with van der Waals surface area (Å²) in [6.07, 6.45) is 10.6. The SMILES string of the molecule is CN1CC[C@]23c4c5ccc(OC(=O)N[C@@H](Cc6ccccc6)C(=O)NN6CCCCC6)c4O[C@H]2CC=CC3C1C5. The van der Waals surface area contributed by atoms with Gasteiger partial charge in [-0.2, -0.15) is 0 Å². The number of benzene rings is 2. The number of rotatable bonds is 6. The first-order valence-electron chi connectivity index (χ1n) is 14.8. The molecule has 0 aromatic heterocycles. The molecule has 2 amide bonds. The first-order valence-corrected chi connectivity index (χ1v) is 14.8. The second-order valence-electron chi connectivity index (χ2n) is 12.1. The molecule has 2 unspecified atom stereocenters. The summed E-state index contributed by atoms with van der Waals surface area (Å²) in [5, 5.41) is 4.82. The molecule has 0 saturated carbocycles. The minimum Gasteiger partial charge on any atom is -0.485 e. The van der Waals surface area contributed by atoms with Crippen LogP contribution in [-0.2, 0) is 23.1 Å². The predicted octanol–water partition coefficient (Wildman–Crippen LogP) is 3.74. The highest BCUT2D eigenvalue weighted by atomic mass is 16.6. The van der Waals surface area contributed by atoms with Crippen molar-refractivity contribution < 1.29 is 19.1 Å². The summed E-state index contributed by atoms with van der Waals surface area (Å²) in [5.41, 5.74) is 6.47. The summed E-state index contributed by atoms with van der Waals surface area (Å²) in [7, 11) is 2.23. The van der Waals surface area contributed by atoms with Crippen LogP contribution in [0.25, 0.3) is 0 Å². The molecule has 8 nitrogen and oxygen atoms in total. The first-order chi connectivity index (χ1) is 19.5. The molecule has 40 heavy (non-hydrogen) atoms. The molecule has 3 aliphatic heterocycles. The Morgan fingerprint density at radius 2 is 1.93 bits per heavy atom. The standard InChI is InChI=1S/C32H38N4O4/c1-35-18-15-32-23-11-8-12-27(32)40-29-26(14-13-22(28(29)32)20-25(23)35)39-31(38)33-24(19-21-9-4-2-5-10-21)30(37)34-36-16-6-3-7-17-36/h2,4-5,8-11,13-14,23-25,27H,3,6-7,12,15-20H2,1H3,(H,33,38)(H,34,37)/t23?,24-,25?,27-,32+/m0/s1. The number of amides is 2. The van der Waals surface area contributed by atoms with Crippen molar-refractivity contribution in [3.05, 3.63) is 71.3 Å². The number of ether oxygens (including phenoxy) is 2. The topological polar surface area (TPSA) is 83.1 Å². The van der Waals surface area contributed by atoms with E-state index in [1.165, 1.54) is 17.5 Å². The lowest BCUT2D eigenvalue weighted by Gasteiger charge is -2.55. The van der Waals surface area contributed by atoms with Gasteiger partial charge in [0.15, 0.2) is 11.5 Å². The molecule has 2 fully saturated rings. The van der Waals surface area contributed by atoms with E-state index in [0.717, 1.165) is 57.3 Å². The molecule has 2 N–H and O–H groups in total. The van der Waals surface area contributed by atoms with Gasteiger partial charge in [-0.25, -0.2) is 9.80 Å². The zero-order valence-electron chi connectivity index (χ0n) is 23.1. The van der Waals surface area contributed by atoms with E-state index in [0.29, 0.717) is 29.9 Å². The Balaban J connectivity index is 1.13. The van der Waals surface area contributed by atoms with E-state index in [-0.39, 0.29) is 17.4 Å². The maximum Gasteiger partial charge on any atom is 0.413 e. The zero-order valence-corrected chi connectivity index (χ0v) is 23.1. The van der Waals surface area contributed by atoms with Gasteiger partial charge in [-0.1, -0.05) is 55.0 Å². The number of hydrogen-bond acceptors (Lipinski definition) is 6. The molecule has 2 bridgehead atoms. The number of piperidine rings is 2. The van der Waals surface area contributed by atoms with Gasteiger partial charge in [-0.05, 0) is 56.5 Å². The summed E-state index contributed by atoms with van der Waals surface area (Å²) in [6.45, 7) is 2.67. The van der Waals surface area contributed by atoms with Crippen LogP contribution < -0.4 is 20.2 Å². The second kappa shape index (κ2) is 10.2. The van der Waals surface area contributed by atoms with Crippen LogP contribution in [0.2, 0.25) is 0 Å². The van der Waals surface area contributed by atoms with Crippen molar-refractivity contribution in [1.82, 2.24) is 20.7 Å². The van der Waals surface area contributed by atoms with Crippen LogP contribution in [0.3, 0.4) is 0 Å². The van der Waals surface area contributed by atoms with Gasteiger partial charge in [-0.3, -0.25) is 10.2 Å². The molecule has 2 aliphatic carbocycles. The molecule has 1 spiro atoms. The number of carbonyl (C=O) groups is 2. The molecule has 2 aromatic rings.